The fourth-order valence-electron chi connectivity index (χ4n) is 1.81. The number of thiophene rings is 1. The number of carboxylic acid groups (broad SMARTS) is 1. The smallest absolute Gasteiger partial charge is 0.345 e. The van der Waals surface area contributed by atoms with Crippen molar-refractivity contribution in [1.29, 1.82) is 0 Å². The van der Waals surface area contributed by atoms with Crippen LogP contribution < -0.4 is 5.56 Å². The monoisotopic (exact) mass is 260 g/mol. The molecule has 0 atom stereocenters. The van der Waals surface area contributed by atoms with E-state index in [0.717, 1.165) is 16.9 Å². The molecule has 3 rings (SSSR count). The SMILES string of the molecule is Cc1ccc2nc3sc(C(=O)O)cc3c(=O)n2c1. The van der Waals surface area contributed by atoms with E-state index >= 15 is 0 Å². The highest BCUT2D eigenvalue weighted by Crippen LogP contribution is 2.21. The number of nitrogens with zero attached hydrogens (tertiary/aromatic N) is 2. The van der Waals surface area contributed by atoms with Crippen LogP contribution in [0.15, 0.2) is 29.2 Å². The Morgan fingerprint density at radius 2 is 2.22 bits per heavy atom. The third-order valence-corrected chi connectivity index (χ3v) is 3.68. The van der Waals surface area contributed by atoms with Crippen LogP contribution in [0.4, 0.5) is 0 Å². The molecule has 1 N–H and O–H groups in total. The minimum Gasteiger partial charge on any atom is -0.477 e. The number of aryl methyl sites for hydroxylation is 1. The van der Waals surface area contributed by atoms with E-state index in [1.54, 1.807) is 12.3 Å². The summed E-state index contributed by atoms with van der Waals surface area (Å²) < 4.78 is 1.44. The van der Waals surface area contributed by atoms with Crippen molar-refractivity contribution < 1.29 is 9.90 Å². The van der Waals surface area contributed by atoms with Gasteiger partial charge in [-0.25, -0.2) is 9.78 Å². The Labute approximate surface area is 105 Å². The number of aromatic carboxylic acids is 1. The average Bonchev–Trinajstić information content (AvgIpc) is 2.75. The predicted molar refractivity (Wildman–Crippen MR) is 68.5 cm³/mol. The molecule has 0 saturated carbocycles. The topological polar surface area (TPSA) is 71.7 Å². The molecule has 90 valence electrons. The third kappa shape index (κ3) is 1.50. The zero-order chi connectivity index (χ0) is 12.9. The molecule has 0 fully saturated rings. The molecule has 0 aliphatic rings. The van der Waals surface area contributed by atoms with E-state index in [0.29, 0.717) is 15.9 Å². The molecular weight excluding hydrogens is 252 g/mol. The molecule has 5 nitrogen and oxygen atoms in total. The van der Waals surface area contributed by atoms with Crippen LogP contribution in [0.1, 0.15) is 15.2 Å². The van der Waals surface area contributed by atoms with Crippen molar-refractivity contribution in [3.8, 4) is 0 Å². The molecule has 3 aromatic rings. The number of carbonyl (C=O) groups is 1. The first-order chi connectivity index (χ1) is 8.56. The normalized spacial score (nSPS) is 11.2. The molecule has 0 unspecified atom stereocenters. The summed E-state index contributed by atoms with van der Waals surface area (Å²) in [5.74, 6) is -1.04. The zero-order valence-corrected chi connectivity index (χ0v) is 10.2. The maximum Gasteiger partial charge on any atom is 0.345 e. The average molecular weight is 260 g/mol. The fourth-order valence-corrected chi connectivity index (χ4v) is 2.68. The van der Waals surface area contributed by atoms with Crippen LogP contribution in [-0.4, -0.2) is 20.5 Å². The first-order valence-electron chi connectivity index (χ1n) is 5.22. The molecule has 0 spiro atoms. The van der Waals surface area contributed by atoms with E-state index < -0.39 is 5.97 Å². The molecule has 6 heteroatoms. The molecule has 0 aromatic carbocycles. The summed E-state index contributed by atoms with van der Waals surface area (Å²) >= 11 is 1.01. The number of pyridine rings is 1. The third-order valence-electron chi connectivity index (χ3n) is 2.66. The molecule has 0 radical (unpaired) electrons. The summed E-state index contributed by atoms with van der Waals surface area (Å²) in [4.78, 5) is 28.0. The Morgan fingerprint density at radius 1 is 1.44 bits per heavy atom. The van der Waals surface area contributed by atoms with Gasteiger partial charge in [0.15, 0.2) is 0 Å². The number of fused-ring (bicyclic) bond motifs is 2. The second-order valence-corrected chi connectivity index (χ2v) is 5.02. The van der Waals surface area contributed by atoms with E-state index in [-0.39, 0.29) is 10.4 Å². The molecule has 0 amide bonds. The molecule has 0 bridgehead atoms. The van der Waals surface area contributed by atoms with Crippen molar-refractivity contribution in [2.75, 3.05) is 0 Å². The molecular formula is C12H8N2O3S. The van der Waals surface area contributed by atoms with Crippen LogP contribution in [0.3, 0.4) is 0 Å². The maximum atomic E-state index is 12.2. The minimum absolute atomic E-state index is 0.127. The van der Waals surface area contributed by atoms with Crippen LogP contribution in [0, 0.1) is 6.92 Å². The van der Waals surface area contributed by atoms with Gasteiger partial charge in [-0.3, -0.25) is 9.20 Å². The van der Waals surface area contributed by atoms with Gasteiger partial charge >= 0.3 is 5.97 Å². The quantitative estimate of drug-likeness (QED) is 0.725. The predicted octanol–water partition coefficient (Wildman–Crippen LogP) is 1.92. The van der Waals surface area contributed by atoms with E-state index in [9.17, 15) is 9.59 Å². The van der Waals surface area contributed by atoms with Gasteiger partial charge in [-0.05, 0) is 24.6 Å². The van der Waals surface area contributed by atoms with Gasteiger partial charge in [0.05, 0.1) is 5.39 Å². The Kier molecular flexibility index (Phi) is 2.21. The molecule has 18 heavy (non-hydrogen) atoms. The molecule has 3 aromatic heterocycles. The van der Waals surface area contributed by atoms with Crippen LogP contribution in [-0.2, 0) is 0 Å². The van der Waals surface area contributed by atoms with Crippen LogP contribution in [0.2, 0.25) is 0 Å². The van der Waals surface area contributed by atoms with E-state index in [1.807, 2.05) is 13.0 Å². The highest BCUT2D eigenvalue weighted by atomic mass is 32.1. The van der Waals surface area contributed by atoms with Crippen LogP contribution >= 0.6 is 11.3 Å². The first kappa shape index (κ1) is 10.9. The highest BCUT2D eigenvalue weighted by Gasteiger charge is 2.13. The Balaban J connectivity index is 2.49. The summed E-state index contributed by atoms with van der Waals surface area (Å²) in [6.45, 7) is 1.88. The maximum absolute atomic E-state index is 12.2. The van der Waals surface area contributed by atoms with Crippen LogP contribution in [0.5, 0.6) is 0 Å². The summed E-state index contributed by atoms with van der Waals surface area (Å²) in [7, 11) is 0. The van der Waals surface area contributed by atoms with Gasteiger partial charge in [0, 0.05) is 6.20 Å². The molecule has 0 saturated heterocycles. The van der Waals surface area contributed by atoms with Gasteiger partial charge in [-0.2, -0.15) is 0 Å². The highest BCUT2D eigenvalue weighted by molar-refractivity contribution is 7.20. The number of carboxylic acids is 1. The lowest BCUT2D eigenvalue weighted by atomic mass is 10.3. The lowest BCUT2D eigenvalue weighted by Crippen LogP contribution is -2.14. The van der Waals surface area contributed by atoms with Gasteiger partial charge in [0.2, 0.25) is 0 Å². The number of hydrogen-bond acceptors (Lipinski definition) is 4. The van der Waals surface area contributed by atoms with Gasteiger partial charge in [0.25, 0.3) is 5.56 Å². The van der Waals surface area contributed by atoms with Gasteiger partial charge < -0.3 is 5.11 Å². The number of aromatic nitrogens is 2. The van der Waals surface area contributed by atoms with Crippen LogP contribution in [0.25, 0.3) is 15.9 Å². The number of rotatable bonds is 1. The van der Waals surface area contributed by atoms with Gasteiger partial charge in [0.1, 0.15) is 15.4 Å². The fraction of sp³-hybridized carbons (Fsp3) is 0.0833. The number of hydrogen-bond donors (Lipinski definition) is 1. The van der Waals surface area contributed by atoms with Crippen molar-refractivity contribution in [2.24, 2.45) is 0 Å². The summed E-state index contributed by atoms with van der Waals surface area (Å²) in [5.41, 5.74) is 1.23. The second-order valence-electron chi connectivity index (χ2n) is 3.99. The standard InChI is InChI=1S/C12H8N2O3S/c1-6-2-3-9-13-10-7(11(15)14(9)5-6)4-8(18-10)12(16)17/h2-5H,1H3,(H,16,17). The molecule has 0 aliphatic heterocycles. The Bertz CT molecular complexity index is 848. The lowest BCUT2D eigenvalue weighted by Gasteiger charge is -2.00. The lowest BCUT2D eigenvalue weighted by molar-refractivity contribution is 0.0702. The molecule has 0 aliphatic carbocycles. The minimum atomic E-state index is -1.04. The van der Waals surface area contributed by atoms with Crippen molar-refractivity contribution >= 4 is 33.2 Å². The summed E-state index contributed by atoms with van der Waals surface area (Å²) in [6.07, 6.45) is 1.70. The Morgan fingerprint density at radius 3 is 2.94 bits per heavy atom. The van der Waals surface area contributed by atoms with Crippen molar-refractivity contribution in [3.63, 3.8) is 0 Å². The second kappa shape index (κ2) is 3.64. The largest absolute Gasteiger partial charge is 0.477 e. The van der Waals surface area contributed by atoms with E-state index in [4.69, 9.17) is 5.11 Å². The van der Waals surface area contributed by atoms with Crippen molar-refractivity contribution in [1.82, 2.24) is 9.38 Å². The van der Waals surface area contributed by atoms with Gasteiger partial charge in [-0.15, -0.1) is 11.3 Å². The van der Waals surface area contributed by atoms with Gasteiger partial charge in [-0.1, -0.05) is 6.07 Å². The van der Waals surface area contributed by atoms with E-state index in [2.05, 4.69) is 4.98 Å². The first-order valence-corrected chi connectivity index (χ1v) is 6.04. The summed E-state index contributed by atoms with van der Waals surface area (Å²) in [6, 6.07) is 4.99. The summed E-state index contributed by atoms with van der Waals surface area (Å²) in [5, 5.41) is 9.28. The molecule has 3 heterocycles. The zero-order valence-electron chi connectivity index (χ0n) is 9.38. The Hall–Kier alpha value is -2.21. The van der Waals surface area contributed by atoms with Crippen molar-refractivity contribution in [2.45, 2.75) is 6.92 Å². The van der Waals surface area contributed by atoms with E-state index in [1.165, 1.54) is 10.5 Å². The van der Waals surface area contributed by atoms with Crippen molar-refractivity contribution in [3.05, 3.63) is 45.2 Å².